The number of carbonyl (C=O) groups excluding carboxylic acids is 1. The number of hydrogen-bond donors (Lipinski definition) is 2. The topological polar surface area (TPSA) is 108 Å². The number of benzene rings is 1. The summed E-state index contributed by atoms with van der Waals surface area (Å²) in [7, 11) is -4.05. The summed E-state index contributed by atoms with van der Waals surface area (Å²) in [6, 6.07) is 7.47. The molecule has 0 aliphatic rings. The molecule has 7 nitrogen and oxygen atoms in total. The highest BCUT2D eigenvalue weighted by Crippen LogP contribution is 2.26. The number of phenols is 1. The number of aromatic hydroxyl groups is 1. The second kappa shape index (κ2) is 8.39. The minimum absolute atomic E-state index is 0.0458. The van der Waals surface area contributed by atoms with Gasteiger partial charge < -0.3 is 10.2 Å². The predicted octanol–water partition coefficient (Wildman–Crippen LogP) is 1.56. The summed E-state index contributed by atoms with van der Waals surface area (Å²) < 4.78 is 27.5. The molecular weight excluding hydrogens is 356 g/mol. The molecule has 2 rings (SSSR count). The minimum Gasteiger partial charge on any atom is -0.508 e. The molecule has 0 amide bonds. The van der Waals surface area contributed by atoms with E-state index in [-0.39, 0.29) is 23.1 Å². The highest BCUT2D eigenvalue weighted by atomic mass is 32.2. The molecule has 0 aliphatic carbocycles. The van der Waals surface area contributed by atoms with Crippen molar-refractivity contribution in [2.45, 2.75) is 31.3 Å². The van der Waals surface area contributed by atoms with Crippen molar-refractivity contribution >= 4 is 15.8 Å². The van der Waals surface area contributed by atoms with Gasteiger partial charge >= 0.3 is 0 Å². The van der Waals surface area contributed by atoms with Gasteiger partial charge in [0.05, 0.1) is 10.9 Å². The van der Waals surface area contributed by atoms with Gasteiger partial charge in [0, 0.05) is 18.9 Å². The number of phenolic OH excluding ortho intramolecular Hbond substituents is 1. The SMILES string of the molecule is CC(C)C(C(=O)CO)N(Cc1cccnc1)S(=O)(=O)c1ccc(O)cc1. The zero-order chi connectivity index (χ0) is 19.3. The molecule has 2 N–H and O–H groups in total. The first-order chi connectivity index (χ1) is 12.3. The first kappa shape index (κ1) is 20.0. The van der Waals surface area contributed by atoms with Gasteiger partial charge in [-0.15, -0.1) is 0 Å². The minimum atomic E-state index is -4.05. The second-order valence-electron chi connectivity index (χ2n) is 6.22. The third-order valence-corrected chi connectivity index (χ3v) is 5.77. The largest absolute Gasteiger partial charge is 0.508 e. The number of aliphatic hydroxyl groups excluding tert-OH is 1. The monoisotopic (exact) mass is 378 g/mol. The zero-order valence-corrected chi connectivity index (χ0v) is 15.4. The third kappa shape index (κ3) is 4.46. The summed E-state index contributed by atoms with van der Waals surface area (Å²) in [5.41, 5.74) is 0.617. The Labute approximate surface area is 153 Å². The molecule has 1 aromatic carbocycles. The number of aromatic nitrogens is 1. The maximum Gasteiger partial charge on any atom is 0.244 e. The van der Waals surface area contributed by atoms with Gasteiger partial charge in [0.2, 0.25) is 10.0 Å². The van der Waals surface area contributed by atoms with Crippen LogP contribution in [0.25, 0.3) is 0 Å². The Morgan fingerprint density at radius 3 is 2.35 bits per heavy atom. The summed E-state index contributed by atoms with van der Waals surface area (Å²) in [4.78, 5) is 16.2. The molecule has 0 spiro atoms. The number of pyridine rings is 1. The van der Waals surface area contributed by atoms with E-state index in [1.165, 1.54) is 30.5 Å². The summed E-state index contributed by atoms with van der Waals surface area (Å²) in [5, 5.41) is 18.7. The molecule has 26 heavy (non-hydrogen) atoms. The highest BCUT2D eigenvalue weighted by Gasteiger charge is 2.37. The van der Waals surface area contributed by atoms with Gasteiger partial charge in [-0.05, 0) is 41.8 Å². The Morgan fingerprint density at radius 2 is 1.85 bits per heavy atom. The highest BCUT2D eigenvalue weighted by molar-refractivity contribution is 7.89. The van der Waals surface area contributed by atoms with Crippen molar-refractivity contribution in [2.24, 2.45) is 5.92 Å². The van der Waals surface area contributed by atoms with Gasteiger partial charge in [0.25, 0.3) is 0 Å². The van der Waals surface area contributed by atoms with Crippen LogP contribution in [0.2, 0.25) is 0 Å². The zero-order valence-electron chi connectivity index (χ0n) is 14.6. The van der Waals surface area contributed by atoms with Crippen molar-refractivity contribution in [3.05, 3.63) is 54.4 Å². The van der Waals surface area contributed by atoms with E-state index in [0.717, 1.165) is 4.31 Å². The van der Waals surface area contributed by atoms with Gasteiger partial charge in [0.1, 0.15) is 12.4 Å². The number of nitrogens with zero attached hydrogens (tertiary/aromatic N) is 2. The van der Waals surface area contributed by atoms with Crippen LogP contribution < -0.4 is 0 Å². The van der Waals surface area contributed by atoms with E-state index in [0.29, 0.717) is 5.56 Å². The quantitative estimate of drug-likeness (QED) is 0.722. The van der Waals surface area contributed by atoms with Crippen LogP contribution >= 0.6 is 0 Å². The molecule has 1 aromatic heterocycles. The molecular formula is C18H22N2O5S. The van der Waals surface area contributed by atoms with E-state index in [4.69, 9.17) is 0 Å². The molecule has 1 unspecified atom stereocenters. The maximum atomic E-state index is 13.2. The van der Waals surface area contributed by atoms with Crippen LogP contribution in [0.3, 0.4) is 0 Å². The van der Waals surface area contributed by atoms with Crippen molar-refractivity contribution in [2.75, 3.05) is 6.61 Å². The smallest absolute Gasteiger partial charge is 0.244 e. The van der Waals surface area contributed by atoms with Gasteiger partial charge in [0.15, 0.2) is 5.78 Å². The molecule has 8 heteroatoms. The van der Waals surface area contributed by atoms with Crippen molar-refractivity contribution in [1.82, 2.24) is 9.29 Å². The van der Waals surface area contributed by atoms with Crippen LogP contribution in [0.4, 0.5) is 0 Å². The van der Waals surface area contributed by atoms with Crippen LogP contribution in [0.5, 0.6) is 5.75 Å². The number of rotatable bonds is 8. The molecule has 1 heterocycles. The van der Waals surface area contributed by atoms with Crippen LogP contribution in [0.1, 0.15) is 19.4 Å². The van der Waals surface area contributed by atoms with E-state index < -0.39 is 28.5 Å². The molecule has 0 saturated heterocycles. The molecule has 0 fully saturated rings. The molecule has 0 aliphatic heterocycles. The van der Waals surface area contributed by atoms with Crippen LogP contribution in [0, 0.1) is 5.92 Å². The third-order valence-electron chi connectivity index (χ3n) is 3.93. The Morgan fingerprint density at radius 1 is 1.19 bits per heavy atom. The van der Waals surface area contributed by atoms with E-state index in [2.05, 4.69) is 4.98 Å². The lowest BCUT2D eigenvalue weighted by Crippen LogP contribution is -2.48. The first-order valence-electron chi connectivity index (χ1n) is 8.10. The lowest BCUT2D eigenvalue weighted by Gasteiger charge is -2.32. The van der Waals surface area contributed by atoms with Gasteiger partial charge in [-0.3, -0.25) is 9.78 Å². The number of aliphatic hydroxyl groups is 1. The van der Waals surface area contributed by atoms with E-state index >= 15 is 0 Å². The number of ketones is 1. The summed E-state index contributed by atoms with van der Waals surface area (Å²) in [6.45, 7) is 2.63. The number of Topliss-reactive ketones (excluding diaryl/α,β-unsaturated/α-hetero) is 1. The lowest BCUT2D eigenvalue weighted by atomic mass is 10.00. The van der Waals surface area contributed by atoms with Crippen molar-refractivity contribution in [3.63, 3.8) is 0 Å². The molecule has 1 atom stereocenters. The Balaban J connectivity index is 2.54. The van der Waals surface area contributed by atoms with Gasteiger partial charge in [-0.2, -0.15) is 4.31 Å². The molecule has 140 valence electrons. The lowest BCUT2D eigenvalue weighted by molar-refractivity contribution is -0.126. The predicted molar refractivity (Wildman–Crippen MR) is 95.8 cm³/mol. The second-order valence-corrected chi connectivity index (χ2v) is 8.11. The summed E-state index contributed by atoms with van der Waals surface area (Å²) in [6.07, 6.45) is 3.10. The number of sulfonamides is 1. The van der Waals surface area contributed by atoms with Crippen LogP contribution in [-0.2, 0) is 21.4 Å². The number of hydrogen-bond acceptors (Lipinski definition) is 6. The summed E-state index contributed by atoms with van der Waals surface area (Å²) >= 11 is 0. The Hall–Kier alpha value is -2.29. The Bertz CT molecular complexity index is 836. The fourth-order valence-corrected chi connectivity index (χ4v) is 4.45. The fraction of sp³-hybridized carbons (Fsp3) is 0.333. The van der Waals surface area contributed by atoms with Crippen molar-refractivity contribution in [3.8, 4) is 5.75 Å². The average molecular weight is 378 g/mol. The van der Waals surface area contributed by atoms with Crippen LogP contribution in [0.15, 0.2) is 53.7 Å². The normalized spacial score (nSPS) is 13.1. The standard InChI is InChI=1S/C18H22N2O5S/c1-13(2)18(17(23)12-21)20(11-14-4-3-9-19-10-14)26(24,25)16-7-5-15(22)6-8-16/h3-10,13,18,21-22H,11-12H2,1-2H3. The molecule has 0 saturated carbocycles. The molecule has 2 aromatic rings. The fourth-order valence-electron chi connectivity index (χ4n) is 2.72. The number of carbonyl (C=O) groups is 1. The van der Waals surface area contributed by atoms with Crippen molar-refractivity contribution in [1.29, 1.82) is 0 Å². The van der Waals surface area contributed by atoms with Crippen LogP contribution in [-0.4, -0.2) is 46.4 Å². The van der Waals surface area contributed by atoms with E-state index in [9.17, 15) is 23.4 Å². The first-order valence-corrected chi connectivity index (χ1v) is 9.54. The maximum absolute atomic E-state index is 13.2. The van der Waals surface area contributed by atoms with Gasteiger partial charge in [-0.1, -0.05) is 19.9 Å². The Kier molecular flexibility index (Phi) is 6.47. The molecule has 0 radical (unpaired) electrons. The average Bonchev–Trinajstić information content (AvgIpc) is 2.62. The van der Waals surface area contributed by atoms with E-state index in [1.807, 2.05) is 0 Å². The van der Waals surface area contributed by atoms with Gasteiger partial charge in [-0.25, -0.2) is 8.42 Å². The van der Waals surface area contributed by atoms with E-state index in [1.54, 1.807) is 32.2 Å². The summed E-state index contributed by atoms with van der Waals surface area (Å²) in [5.74, 6) is -0.987. The molecule has 0 bridgehead atoms. The van der Waals surface area contributed by atoms with Crippen molar-refractivity contribution < 1.29 is 23.4 Å².